The topological polar surface area (TPSA) is 70.7 Å². The predicted molar refractivity (Wildman–Crippen MR) is 127 cm³/mol. The number of hydrogen-bond acceptors (Lipinski definition) is 4. The molecule has 0 unspecified atom stereocenters. The van der Waals surface area contributed by atoms with Crippen molar-refractivity contribution in [3.63, 3.8) is 0 Å². The maximum atomic E-state index is 13.6. The number of hydrogen-bond donors (Lipinski definition) is 2. The summed E-state index contributed by atoms with van der Waals surface area (Å²) in [5.74, 6) is -1.59. The molecule has 2 amide bonds. The van der Waals surface area contributed by atoms with E-state index in [1.54, 1.807) is 6.07 Å². The van der Waals surface area contributed by atoms with Gasteiger partial charge in [0.15, 0.2) is 11.6 Å². The van der Waals surface area contributed by atoms with Crippen LogP contribution >= 0.6 is 0 Å². The average molecular weight is 480 g/mol. The van der Waals surface area contributed by atoms with E-state index in [1.165, 1.54) is 6.07 Å². The van der Waals surface area contributed by atoms with Crippen LogP contribution in [0.1, 0.15) is 64.4 Å². The summed E-state index contributed by atoms with van der Waals surface area (Å²) in [6.45, 7) is 7.79. The fourth-order valence-corrected chi connectivity index (χ4v) is 4.92. The second-order valence-corrected chi connectivity index (χ2v) is 10.2. The number of likely N-dealkylation sites (tertiary alicyclic amines) is 1. The van der Waals surface area contributed by atoms with E-state index in [0.717, 1.165) is 37.3 Å². The normalized spacial score (nSPS) is 23.4. The monoisotopic (exact) mass is 479 g/mol. The van der Waals surface area contributed by atoms with Gasteiger partial charge in [0, 0.05) is 26.3 Å². The first kappa shape index (κ1) is 26.5. The molecule has 2 N–H and O–H groups in total. The van der Waals surface area contributed by atoms with Crippen molar-refractivity contribution in [2.45, 2.75) is 71.4 Å². The van der Waals surface area contributed by atoms with Crippen LogP contribution in [-0.4, -0.2) is 55.6 Å². The largest absolute Gasteiger partial charge is 0.381 e. The minimum absolute atomic E-state index is 0.0428. The van der Waals surface area contributed by atoms with E-state index >= 15 is 0 Å². The van der Waals surface area contributed by atoms with Crippen LogP contribution in [0.25, 0.3) is 0 Å². The van der Waals surface area contributed by atoms with Crippen LogP contribution in [0.15, 0.2) is 18.2 Å². The van der Waals surface area contributed by atoms with E-state index in [4.69, 9.17) is 4.74 Å². The number of ether oxygens (including phenoxy) is 1. The maximum Gasteiger partial charge on any atom is 0.242 e. The van der Waals surface area contributed by atoms with Crippen molar-refractivity contribution in [1.29, 1.82) is 0 Å². The first-order valence-corrected chi connectivity index (χ1v) is 12.6. The zero-order chi connectivity index (χ0) is 24.6. The summed E-state index contributed by atoms with van der Waals surface area (Å²) in [6, 6.07) is 3.45. The SMILES string of the molecule is CC(C)C[C@@H]1NC(=O)C2(CCCCOCCCNC1=O)CCN(Cc1ccc(F)c(F)c1)CC2. The molecule has 190 valence electrons. The Bertz CT molecular complexity index is 826. The molecule has 1 aromatic carbocycles. The molecule has 1 atom stereocenters. The third-order valence-electron chi connectivity index (χ3n) is 6.97. The number of piperidine rings is 1. The number of rotatable bonds is 4. The molecule has 6 nitrogen and oxygen atoms in total. The lowest BCUT2D eigenvalue weighted by Gasteiger charge is -2.41. The van der Waals surface area contributed by atoms with Gasteiger partial charge in [-0.05, 0) is 75.2 Å². The minimum Gasteiger partial charge on any atom is -0.381 e. The lowest BCUT2D eigenvalue weighted by atomic mass is 9.73. The van der Waals surface area contributed by atoms with Gasteiger partial charge >= 0.3 is 0 Å². The Morgan fingerprint density at radius 1 is 1.06 bits per heavy atom. The summed E-state index contributed by atoms with van der Waals surface area (Å²) in [4.78, 5) is 28.6. The van der Waals surface area contributed by atoms with Crippen molar-refractivity contribution >= 4 is 11.8 Å². The van der Waals surface area contributed by atoms with Crippen molar-refractivity contribution in [2.24, 2.45) is 11.3 Å². The molecule has 0 aliphatic carbocycles. The Labute approximate surface area is 201 Å². The van der Waals surface area contributed by atoms with Gasteiger partial charge in [0.1, 0.15) is 6.04 Å². The molecule has 8 heteroatoms. The molecule has 2 saturated heterocycles. The summed E-state index contributed by atoms with van der Waals surface area (Å²) in [5.41, 5.74) is 0.181. The van der Waals surface area contributed by atoms with E-state index < -0.39 is 23.1 Å². The average Bonchev–Trinajstić information content (AvgIpc) is 2.80. The van der Waals surface area contributed by atoms with Crippen LogP contribution in [0.5, 0.6) is 0 Å². The number of halogens is 2. The van der Waals surface area contributed by atoms with E-state index in [0.29, 0.717) is 58.7 Å². The zero-order valence-corrected chi connectivity index (χ0v) is 20.5. The van der Waals surface area contributed by atoms with E-state index in [2.05, 4.69) is 15.5 Å². The van der Waals surface area contributed by atoms with Gasteiger partial charge in [-0.25, -0.2) is 8.78 Å². The second kappa shape index (κ2) is 12.6. The van der Waals surface area contributed by atoms with Gasteiger partial charge in [-0.3, -0.25) is 14.5 Å². The number of nitrogens with zero attached hydrogens (tertiary/aromatic N) is 1. The standard InChI is InChI=1S/C26H39F2N3O3/c1-19(2)16-23-24(32)29-11-5-15-34-14-4-3-8-26(25(33)30-23)9-12-31(13-10-26)18-20-6-7-21(27)22(28)17-20/h6-7,17,19,23H,3-5,8-16,18H2,1-2H3,(H,29,32)(H,30,33)/t23-/m0/s1. The van der Waals surface area contributed by atoms with Crippen molar-refractivity contribution in [2.75, 3.05) is 32.8 Å². The molecule has 0 aromatic heterocycles. The molecule has 2 aliphatic heterocycles. The third-order valence-corrected chi connectivity index (χ3v) is 6.97. The number of carbonyl (C=O) groups is 2. The molecule has 1 aromatic rings. The smallest absolute Gasteiger partial charge is 0.242 e. The number of carbonyl (C=O) groups excluding carboxylic acids is 2. The highest BCUT2D eigenvalue weighted by molar-refractivity contribution is 5.90. The highest BCUT2D eigenvalue weighted by Crippen LogP contribution is 2.38. The fourth-order valence-electron chi connectivity index (χ4n) is 4.92. The van der Waals surface area contributed by atoms with Crippen LogP contribution in [0, 0.1) is 23.0 Å². The van der Waals surface area contributed by atoms with Gasteiger partial charge in [0.2, 0.25) is 11.8 Å². The summed E-state index contributed by atoms with van der Waals surface area (Å²) in [5, 5.41) is 6.05. The van der Waals surface area contributed by atoms with Gasteiger partial charge < -0.3 is 15.4 Å². The lowest BCUT2D eigenvalue weighted by Crippen LogP contribution is -2.55. The molecular formula is C26H39F2N3O3. The highest BCUT2D eigenvalue weighted by atomic mass is 19.2. The second-order valence-electron chi connectivity index (χ2n) is 10.2. The van der Waals surface area contributed by atoms with Crippen LogP contribution in [0.2, 0.25) is 0 Å². The van der Waals surface area contributed by atoms with Crippen molar-refractivity contribution < 1.29 is 23.1 Å². The summed E-state index contributed by atoms with van der Waals surface area (Å²) in [7, 11) is 0. The van der Waals surface area contributed by atoms with Gasteiger partial charge in [-0.2, -0.15) is 0 Å². The summed E-state index contributed by atoms with van der Waals surface area (Å²) < 4.78 is 32.6. The Morgan fingerprint density at radius 2 is 1.79 bits per heavy atom. The molecule has 34 heavy (non-hydrogen) atoms. The highest BCUT2D eigenvalue weighted by Gasteiger charge is 2.42. The molecule has 0 bridgehead atoms. The lowest BCUT2D eigenvalue weighted by molar-refractivity contribution is -0.138. The Balaban J connectivity index is 1.70. The van der Waals surface area contributed by atoms with Gasteiger partial charge in [-0.15, -0.1) is 0 Å². The number of benzene rings is 1. The van der Waals surface area contributed by atoms with E-state index in [-0.39, 0.29) is 17.7 Å². The molecule has 2 heterocycles. The van der Waals surface area contributed by atoms with Crippen LogP contribution in [-0.2, 0) is 20.9 Å². The van der Waals surface area contributed by atoms with Gasteiger partial charge in [0.05, 0.1) is 5.41 Å². The van der Waals surface area contributed by atoms with Crippen molar-refractivity contribution in [1.82, 2.24) is 15.5 Å². The molecule has 2 aliphatic rings. The Kier molecular flexibility index (Phi) is 9.83. The molecule has 0 saturated carbocycles. The first-order valence-electron chi connectivity index (χ1n) is 12.6. The zero-order valence-electron chi connectivity index (χ0n) is 20.5. The quantitative estimate of drug-likeness (QED) is 0.690. The van der Waals surface area contributed by atoms with Gasteiger partial charge in [0.25, 0.3) is 0 Å². The van der Waals surface area contributed by atoms with Crippen LogP contribution < -0.4 is 10.6 Å². The van der Waals surface area contributed by atoms with E-state index in [9.17, 15) is 18.4 Å². The maximum absolute atomic E-state index is 13.6. The Morgan fingerprint density at radius 3 is 2.50 bits per heavy atom. The Hall–Kier alpha value is -2.06. The molecular weight excluding hydrogens is 440 g/mol. The van der Waals surface area contributed by atoms with Crippen molar-refractivity contribution in [3.05, 3.63) is 35.4 Å². The number of nitrogens with one attached hydrogen (secondary N) is 2. The van der Waals surface area contributed by atoms with E-state index in [1.807, 2.05) is 13.8 Å². The fraction of sp³-hybridized carbons (Fsp3) is 0.692. The predicted octanol–water partition coefficient (Wildman–Crippen LogP) is 3.78. The summed E-state index contributed by atoms with van der Waals surface area (Å²) >= 11 is 0. The molecule has 2 fully saturated rings. The first-order chi connectivity index (χ1) is 16.3. The van der Waals surface area contributed by atoms with Crippen LogP contribution in [0.3, 0.4) is 0 Å². The molecule has 3 rings (SSSR count). The minimum atomic E-state index is -0.846. The summed E-state index contributed by atoms with van der Waals surface area (Å²) in [6.07, 6.45) is 5.21. The number of amides is 2. The van der Waals surface area contributed by atoms with Crippen molar-refractivity contribution in [3.8, 4) is 0 Å². The third kappa shape index (κ3) is 7.47. The molecule has 0 radical (unpaired) electrons. The molecule has 1 spiro atoms. The van der Waals surface area contributed by atoms with Crippen LogP contribution in [0.4, 0.5) is 8.78 Å². The van der Waals surface area contributed by atoms with Gasteiger partial charge in [-0.1, -0.05) is 26.3 Å².